The van der Waals surface area contributed by atoms with Crippen LogP contribution in [0.5, 0.6) is 5.75 Å². The Hall–Kier alpha value is -1.51. The van der Waals surface area contributed by atoms with E-state index < -0.39 is 0 Å². The van der Waals surface area contributed by atoms with Crippen LogP contribution in [0.3, 0.4) is 0 Å². The number of nitrogens with one attached hydrogen (secondary N) is 1. The minimum atomic E-state index is 0.698. The summed E-state index contributed by atoms with van der Waals surface area (Å²) in [6.07, 6.45) is 0. The summed E-state index contributed by atoms with van der Waals surface area (Å²) in [6.45, 7) is 4.49. The van der Waals surface area contributed by atoms with Crippen molar-refractivity contribution in [1.29, 1.82) is 0 Å². The molecule has 1 N–H and O–H groups in total. The van der Waals surface area contributed by atoms with E-state index >= 15 is 0 Å². The van der Waals surface area contributed by atoms with Crippen molar-refractivity contribution in [3.63, 3.8) is 0 Å². The molecule has 1 aromatic rings. The molecule has 1 aliphatic rings. The van der Waals surface area contributed by atoms with Crippen LogP contribution in [0.2, 0.25) is 0 Å². The van der Waals surface area contributed by atoms with Gasteiger partial charge in [-0.1, -0.05) is 12.1 Å². The van der Waals surface area contributed by atoms with E-state index in [1.807, 2.05) is 31.2 Å². The van der Waals surface area contributed by atoms with Crippen LogP contribution in [0.15, 0.2) is 29.3 Å². The van der Waals surface area contributed by atoms with Crippen LogP contribution < -0.4 is 10.1 Å². The first-order valence-corrected chi connectivity index (χ1v) is 4.91. The van der Waals surface area contributed by atoms with E-state index in [1.54, 1.807) is 0 Å². The van der Waals surface area contributed by atoms with Crippen LogP contribution in [-0.4, -0.2) is 25.5 Å². The van der Waals surface area contributed by atoms with Gasteiger partial charge in [0.2, 0.25) is 0 Å². The van der Waals surface area contributed by atoms with Gasteiger partial charge in [-0.3, -0.25) is 4.99 Å². The summed E-state index contributed by atoms with van der Waals surface area (Å²) in [7, 11) is 0. The minimum absolute atomic E-state index is 0.698. The molecule has 1 heterocycles. The number of hydrogen-bond acceptors (Lipinski definition) is 3. The highest BCUT2D eigenvalue weighted by atomic mass is 16.5. The minimum Gasteiger partial charge on any atom is -0.494 e. The van der Waals surface area contributed by atoms with Gasteiger partial charge in [-0.15, -0.1) is 0 Å². The Morgan fingerprint density at radius 3 is 3.14 bits per heavy atom. The summed E-state index contributed by atoms with van der Waals surface area (Å²) >= 11 is 0. The fraction of sp³-hybridized carbons (Fsp3) is 0.364. The van der Waals surface area contributed by atoms with Gasteiger partial charge in [0.1, 0.15) is 11.6 Å². The van der Waals surface area contributed by atoms with Crippen LogP contribution in [0.25, 0.3) is 0 Å². The molecule has 0 saturated heterocycles. The number of ether oxygens (including phenoxy) is 1. The average molecular weight is 190 g/mol. The van der Waals surface area contributed by atoms with Gasteiger partial charge in [-0.2, -0.15) is 0 Å². The lowest BCUT2D eigenvalue weighted by Gasteiger charge is -2.06. The van der Waals surface area contributed by atoms with Gasteiger partial charge in [0.05, 0.1) is 13.2 Å². The van der Waals surface area contributed by atoms with Gasteiger partial charge >= 0.3 is 0 Å². The van der Waals surface area contributed by atoms with Crippen LogP contribution >= 0.6 is 0 Å². The lowest BCUT2D eigenvalue weighted by atomic mass is 10.2. The molecule has 0 unspecified atom stereocenters. The second kappa shape index (κ2) is 4.13. The third kappa shape index (κ3) is 1.87. The first-order chi connectivity index (χ1) is 6.90. The van der Waals surface area contributed by atoms with Crippen molar-refractivity contribution in [2.45, 2.75) is 6.92 Å². The van der Waals surface area contributed by atoms with E-state index in [9.17, 15) is 0 Å². The standard InChI is InChI=1S/C11H14N2O/c1-2-14-10-5-3-4-9(8-10)11-12-6-7-13-11/h3-5,8H,2,6-7H2,1H3,(H,12,13). The Kier molecular flexibility index (Phi) is 2.68. The highest BCUT2D eigenvalue weighted by molar-refractivity contribution is 6.00. The molecule has 14 heavy (non-hydrogen) atoms. The Bertz CT molecular complexity index is 347. The fourth-order valence-electron chi connectivity index (χ4n) is 1.49. The number of hydrogen-bond donors (Lipinski definition) is 1. The van der Waals surface area contributed by atoms with Gasteiger partial charge in [0, 0.05) is 12.1 Å². The smallest absolute Gasteiger partial charge is 0.128 e. The van der Waals surface area contributed by atoms with Gasteiger partial charge < -0.3 is 10.1 Å². The van der Waals surface area contributed by atoms with Gasteiger partial charge in [0.25, 0.3) is 0 Å². The largest absolute Gasteiger partial charge is 0.494 e. The van der Waals surface area contributed by atoms with E-state index in [1.165, 1.54) is 0 Å². The van der Waals surface area contributed by atoms with E-state index in [2.05, 4.69) is 10.3 Å². The van der Waals surface area contributed by atoms with Crippen molar-refractivity contribution in [3.05, 3.63) is 29.8 Å². The third-order valence-corrected chi connectivity index (χ3v) is 2.09. The third-order valence-electron chi connectivity index (χ3n) is 2.09. The maximum Gasteiger partial charge on any atom is 0.128 e. The molecule has 0 amide bonds. The normalized spacial score (nSPS) is 14.8. The molecule has 74 valence electrons. The summed E-state index contributed by atoms with van der Waals surface area (Å²) < 4.78 is 5.42. The molecule has 0 atom stereocenters. The van der Waals surface area contributed by atoms with Crippen LogP contribution in [0.1, 0.15) is 12.5 Å². The zero-order chi connectivity index (χ0) is 9.80. The summed E-state index contributed by atoms with van der Waals surface area (Å²) in [4.78, 5) is 4.36. The zero-order valence-electron chi connectivity index (χ0n) is 8.29. The Balaban J connectivity index is 2.21. The van der Waals surface area contributed by atoms with Crippen molar-refractivity contribution in [3.8, 4) is 5.75 Å². The number of amidine groups is 1. The fourth-order valence-corrected chi connectivity index (χ4v) is 1.49. The summed E-state index contributed by atoms with van der Waals surface area (Å²) in [5, 5.41) is 3.24. The topological polar surface area (TPSA) is 33.6 Å². The molecule has 0 radical (unpaired) electrons. The molecule has 3 heteroatoms. The van der Waals surface area contributed by atoms with Crippen molar-refractivity contribution in [1.82, 2.24) is 5.32 Å². The van der Waals surface area contributed by atoms with Gasteiger partial charge in [0.15, 0.2) is 0 Å². The molecule has 0 aliphatic carbocycles. The molecular weight excluding hydrogens is 176 g/mol. The predicted molar refractivity (Wildman–Crippen MR) is 57.0 cm³/mol. The average Bonchev–Trinajstić information content (AvgIpc) is 2.71. The number of nitrogens with zero attached hydrogens (tertiary/aromatic N) is 1. The first kappa shape index (κ1) is 9.06. The second-order valence-electron chi connectivity index (χ2n) is 3.12. The quantitative estimate of drug-likeness (QED) is 0.782. The summed E-state index contributed by atoms with van der Waals surface area (Å²) in [5.74, 6) is 1.88. The maximum absolute atomic E-state index is 5.42. The molecule has 0 bridgehead atoms. The number of aliphatic imine (C=N–C) groups is 1. The maximum atomic E-state index is 5.42. The van der Waals surface area contributed by atoms with Crippen molar-refractivity contribution in [2.75, 3.05) is 19.7 Å². The van der Waals surface area contributed by atoms with E-state index in [-0.39, 0.29) is 0 Å². The SMILES string of the molecule is CCOc1cccc(C2=NCCN2)c1. The molecule has 0 aromatic heterocycles. The molecule has 0 fully saturated rings. The monoisotopic (exact) mass is 190 g/mol. The summed E-state index contributed by atoms with van der Waals surface area (Å²) in [6, 6.07) is 8.01. The van der Waals surface area contributed by atoms with Crippen LogP contribution in [0.4, 0.5) is 0 Å². The highest BCUT2D eigenvalue weighted by Crippen LogP contribution is 2.14. The highest BCUT2D eigenvalue weighted by Gasteiger charge is 2.07. The van der Waals surface area contributed by atoms with E-state index in [4.69, 9.17) is 4.74 Å². The van der Waals surface area contributed by atoms with Crippen LogP contribution in [-0.2, 0) is 0 Å². The van der Waals surface area contributed by atoms with Gasteiger partial charge in [-0.05, 0) is 19.1 Å². The first-order valence-electron chi connectivity index (χ1n) is 4.91. The molecule has 0 saturated carbocycles. The van der Waals surface area contributed by atoms with Crippen molar-refractivity contribution in [2.24, 2.45) is 4.99 Å². The Labute approximate surface area is 83.8 Å². The van der Waals surface area contributed by atoms with Crippen LogP contribution in [0, 0.1) is 0 Å². The molecule has 1 aromatic carbocycles. The summed E-state index contributed by atoms with van der Waals surface area (Å²) in [5.41, 5.74) is 1.11. The van der Waals surface area contributed by atoms with E-state index in [0.29, 0.717) is 6.61 Å². The van der Waals surface area contributed by atoms with Gasteiger partial charge in [-0.25, -0.2) is 0 Å². The zero-order valence-corrected chi connectivity index (χ0v) is 8.29. The Morgan fingerprint density at radius 2 is 2.43 bits per heavy atom. The predicted octanol–water partition coefficient (Wildman–Crippen LogP) is 1.44. The van der Waals surface area contributed by atoms with Crippen molar-refractivity contribution >= 4 is 5.84 Å². The number of rotatable bonds is 3. The molecule has 0 spiro atoms. The number of benzene rings is 1. The molecular formula is C11H14N2O. The lowest BCUT2D eigenvalue weighted by molar-refractivity contribution is 0.340. The molecule has 1 aliphatic heterocycles. The van der Waals surface area contributed by atoms with Crippen molar-refractivity contribution < 1.29 is 4.74 Å². The Morgan fingerprint density at radius 1 is 1.50 bits per heavy atom. The molecule has 2 rings (SSSR count). The lowest BCUT2D eigenvalue weighted by Crippen LogP contribution is -2.19. The molecule has 3 nitrogen and oxygen atoms in total. The second-order valence-corrected chi connectivity index (χ2v) is 3.12. The van der Waals surface area contributed by atoms with E-state index in [0.717, 1.165) is 30.2 Å².